The topological polar surface area (TPSA) is 43.1 Å². The molecule has 0 saturated carbocycles. The predicted octanol–water partition coefficient (Wildman–Crippen LogP) is 2.11. The van der Waals surface area contributed by atoms with E-state index in [1.807, 2.05) is 0 Å². The maximum absolute atomic E-state index is 13.4. The fraction of sp³-hybridized carbons (Fsp3) is 0.364. The third kappa shape index (κ3) is 2.04. The minimum Gasteiger partial charge on any atom is -0.321 e. The summed E-state index contributed by atoms with van der Waals surface area (Å²) in [6.07, 6.45) is 0. The Morgan fingerprint density at radius 2 is 1.87 bits per heavy atom. The molecular formula is C11H13F2NO. The first-order valence-corrected chi connectivity index (χ1v) is 4.61. The summed E-state index contributed by atoms with van der Waals surface area (Å²) in [5.74, 6) is -1.86. The van der Waals surface area contributed by atoms with E-state index in [9.17, 15) is 13.6 Å². The largest absolute Gasteiger partial charge is 0.321 e. The van der Waals surface area contributed by atoms with Gasteiger partial charge in [-0.3, -0.25) is 4.79 Å². The summed E-state index contributed by atoms with van der Waals surface area (Å²) >= 11 is 0. The van der Waals surface area contributed by atoms with E-state index < -0.39 is 23.5 Å². The van der Waals surface area contributed by atoms with Gasteiger partial charge in [0.25, 0.3) is 0 Å². The maximum atomic E-state index is 13.4. The number of halogens is 2. The van der Waals surface area contributed by atoms with Crippen LogP contribution in [0, 0.1) is 25.5 Å². The number of carbonyl (C=O) groups excluding carboxylic acids is 1. The molecule has 2 nitrogen and oxygen atoms in total. The number of nitrogens with two attached hydrogens (primary N) is 1. The van der Waals surface area contributed by atoms with Crippen molar-refractivity contribution in [3.05, 3.63) is 34.4 Å². The Morgan fingerprint density at radius 3 is 2.33 bits per heavy atom. The zero-order valence-corrected chi connectivity index (χ0v) is 8.90. The van der Waals surface area contributed by atoms with Crippen molar-refractivity contribution >= 4 is 5.78 Å². The van der Waals surface area contributed by atoms with Crippen LogP contribution in [0.5, 0.6) is 0 Å². The molecule has 0 aliphatic rings. The van der Waals surface area contributed by atoms with Crippen LogP contribution < -0.4 is 5.73 Å². The highest BCUT2D eigenvalue weighted by atomic mass is 19.1. The second-order valence-electron chi connectivity index (χ2n) is 3.62. The van der Waals surface area contributed by atoms with Crippen molar-refractivity contribution in [3.63, 3.8) is 0 Å². The minimum atomic E-state index is -0.759. The first-order chi connectivity index (χ1) is 6.86. The number of Topliss-reactive ketones (excluding diaryl/α,β-unsaturated/α-hetero) is 1. The second kappa shape index (κ2) is 4.06. The standard InChI is InChI=1S/C11H13F2NO/c1-5-8(11(15)7(3)14)4-9(12)6(2)10(5)13/h4,7H,14H2,1-3H3. The van der Waals surface area contributed by atoms with E-state index in [0.717, 1.165) is 6.07 Å². The third-order valence-electron chi connectivity index (χ3n) is 2.37. The van der Waals surface area contributed by atoms with Gasteiger partial charge >= 0.3 is 0 Å². The van der Waals surface area contributed by atoms with E-state index in [2.05, 4.69) is 0 Å². The molecule has 0 radical (unpaired) electrons. The van der Waals surface area contributed by atoms with Gasteiger partial charge in [0.2, 0.25) is 0 Å². The predicted molar refractivity (Wildman–Crippen MR) is 53.8 cm³/mol. The maximum Gasteiger partial charge on any atom is 0.179 e. The summed E-state index contributed by atoms with van der Waals surface area (Å²) < 4.78 is 26.7. The highest BCUT2D eigenvalue weighted by Crippen LogP contribution is 2.20. The molecule has 0 amide bonds. The minimum absolute atomic E-state index is 0.0191. The zero-order valence-electron chi connectivity index (χ0n) is 8.90. The molecule has 4 heteroatoms. The summed E-state index contributed by atoms with van der Waals surface area (Å²) in [6.45, 7) is 4.26. The molecule has 0 aromatic heterocycles. The van der Waals surface area contributed by atoms with E-state index in [-0.39, 0.29) is 16.7 Å². The highest BCUT2D eigenvalue weighted by Gasteiger charge is 2.19. The van der Waals surface area contributed by atoms with Crippen LogP contribution in [0.3, 0.4) is 0 Å². The lowest BCUT2D eigenvalue weighted by molar-refractivity contribution is 0.0966. The van der Waals surface area contributed by atoms with Gasteiger partial charge in [0.05, 0.1) is 6.04 Å². The van der Waals surface area contributed by atoms with E-state index >= 15 is 0 Å². The Balaban J connectivity index is 3.39. The van der Waals surface area contributed by atoms with Crippen molar-refractivity contribution in [2.45, 2.75) is 26.8 Å². The van der Waals surface area contributed by atoms with Gasteiger partial charge in [0.1, 0.15) is 11.6 Å². The third-order valence-corrected chi connectivity index (χ3v) is 2.37. The fourth-order valence-corrected chi connectivity index (χ4v) is 1.35. The second-order valence-corrected chi connectivity index (χ2v) is 3.62. The molecule has 1 unspecified atom stereocenters. The summed E-state index contributed by atoms with van der Waals surface area (Å²) in [7, 11) is 0. The number of hydrogen-bond acceptors (Lipinski definition) is 2. The first kappa shape index (κ1) is 11.8. The number of carbonyl (C=O) groups is 1. The van der Waals surface area contributed by atoms with Crippen LogP contribution in [0.4, 0.5) is 8.78 Å². The van der Waals surface area contributed by atoms with Crippen molar-refractivity contribution in [1.82, 2.24) is 0 Å². The Labute approximate surface area is 87.1 Å². The number of benzene rings is 1. The molecular weight excluding hydrogens is 200 g/mol. The van der Waals surface area contributed by atoms with E-state index in [1.165, 1.54) is 20.8 Å². The zero-order chi connectivity index (χ0) is 11.7. The molecule has 0 aliphatic heterocycles. The van der Waals surface area contributed by atoms with Crippen LogP contribution >= 0.6 is 0 Å². The van der Waals surface area contributed by atoms with Crippen LogP contribution in [0.1, 0.15) is 28.4 Å². The van der Waals surface area contributed by atoms with Crippen LogP contribution in [-0.4, -0.2) is 11.8 Å². The van der Waals surface area contributed by atoms with Gasteiger partial charge in [-0.15, -0.1) is 0 Å². The number of hydrogen-bond donors (Lipinski definition) is 1. The van der Waals surface area contributed by atoms with Crippen molar-refractivity contribution < 1.29 is 13.6 Å². The van der Waals surface area contributed by atoms with E-state index in [4.69, 9.17) is 5.73 Å². The lowest BCUT2D eigenvalue weighted by Gasteiger charge is -2.10. The SMILES string of the molecule is Cc1c(F)cc(C(=O)C(C)N)c(C)c1F. The Morgan fingerprint density at radius 1 is 1.33 bits per heavy atom. The van der Waals surface area contributed by atoms with Crippen LogP contribution in [-0.2, 0) is 0 Å². The molecule has 1 aromatic carbocycles. The quantitative estimate of drug-likeness (QED) is 0.764. The molecule has 0 spiro atoms. The average molecular weight is 213 g/mol. The number of ketones is 1. The lowest BCUT2D eigenvalue weighted by atomic mass is 9.98. The molecule has 0 bridgehead atoms. The summed E-state index contributed by atoms with van der Waals surface area (Å²) in [4.78, 5) is 11.5. The Hall–Kier alpha value is -1.29. The van der Waals surface area contributed by atoms with Gasteiger partial charge in [0, 0.05) is 11.1 Å². The molecule has 0 aliphatic carbocycles. The summed E-state index contributed by atoms with van der Waals surface area (Å²) in [5.41, 5.74) is 5.47. The van der Waals surface area contributed by atoms with Gasteiger partial charge in [-0.05, 0) is 32.4 Å². The molecule has 1 aromatic rings. The lowest BCUT2D eigenvalue weighted by Crippen LogP contribution is -2.27. The van der Waals surface area contributed by atoms with Gasteiger partial charge in [-0.1, -0.05) is 0 Å². The molecule has 2 N–H and O–H groups in total. The Kier molecular flexibility index (Phi) is 3.19. The van der Waals surface area contributed by atoms with Gasteiger partial charge in [-0.25, -0.2) is 8.78 Å². The fourth-order valence-electron chi connectivity index (χ4n) is 1.35. The van der Waals surface area contributed by atoms with Crippen molar-refractivity contribution in [3.8, 4) is 0 Å². The van der Waals surface area contributed by atoms with Crippen LogP contribution in [0.15, 0.2) is 6.07 Å². The number of rotatable bonds is 2. The molecule has 15 heavy (non-hydrogen) atoms. The average Bonchev–Trinajstić information content (AvgIpc) is 2.19. The van der Waals surface area contributed by atoms with Crippen LogP contribution in [0.25, 0.3) is 0 Å². The molecule has 0 saturated heterocycles. The van der Waals surface area contributed by atoms with Crippen molar-refractivity contribution in [2.24, 2.45) is 5.73 Å². The van der Waals surface area contributed by atoms with Crippen LogP contribution in [0.2, 0.25) is 0 Å². The molecule has 1 rings (SSSR count). The van der Waals surface area contributed by atoms with E-state index in [0.29, 0.717) is 0 Å². The first-order valence-electron chi connectivity index (χ1n) is 4.61. The van der Waals surface area contributed by atoms with Gasteiger partial charge in [0.15, 0.2) is 5.78 Å². The van der Waals surface area contributed by atoms with Gasteiger partial charge in [-0.2, -0.15) is 0 Å². The van der Waals surface area contributed by atoms with Gasteiger partial charge < -0.3 is 5.73 Å². The van der Waals surface area contributed by atoms with E-state index in [1.54, 1.807) is 0 Å². The smallest absolute Gasteiger partial charge is 0.179 e. The normalized spacial score (nSPS) is 12.7. The summed E-state index contributed by atoms with van der Waals surface area (Å²) in [5, 5.41) is 0. The molecule has 0 heterocycles. The highest BCUT2D eigenvalue weighted by molar-refractivity contribution is 6.01. The van der Waals surface area contributed by atoms with Crippen molar-refractivity contribution in [1.29, 1.82) is 0 Å². The molecule has 1 atom stereocenters. The monoisotopic (exact) mass is 213 g/mol. The Bertz CT molecular complexity index is 414. The summed E-state index contributed by atoms with van der Waals surface area (Å²) in [6, 6.07) is 0.282. The molecule has 82 valence electrons. The van der Waals surface area contributed by atoms with Crippen molar-refractivity contribution in [2.75, 3.05) is 0 Å². The molecule has 0 fully saturated rings.